The fraction of sp³-hybridized carbons (Fsp3) is 0.826. The molecule has 150 valence electrons. The molecule has 4 nitrogen and oxygen atoms in total. The van der Waals surface area contributed by atoms with E-state index in [4.69, 9.17) is 5.11 Å². The van der Waals surface area contributed by atoms with E-state index in [1.807, 2.05) is 6.08 Å². The van der Waals surface area contributed by atoms with Crippen molar-refractivity contribution in [3.05, 3.63) is 11.6 Å². The summed E-state index contributed by atoms with van der Waals surface area (Å²) in [7, 11) is 0. The highest BCUT2D eigenvalue weighted by Crippen LogP contribution is 2.66. The molecule has 2 N–H and O–H groups in total. The van der Waals surface area contributed by atoms with E-state index in [0.29, 0.717) is 30.6 Å². The molecule has 0 heterocycles. The van der Waals surface area contributed by atoms with Gasteiger partial charge in [0, 0.05) is 12.8 Å². The Kier molecular flexibility index (Phi) is 4.77. The monoisotopic (exact) mass is 374 g/mol. The average Bonchev–Trinajstić information content (AvgIpc) is 2.91. The van der Waals surface area contributed by atoms with Crippen molar-refractivity contribution in [2.45, 2.75) is 84.2 Å². The number of allylic oxidation sites excluding steroid dienone is 1. The third-order valence-corrected chi connectivity index (χ3v) is 9.17. The summed E-state index contributed by atoms with van der Waals surface area (Å²) in [6, 6.07) is 0. The molecule has 0 aromatic carbocycles. The molecule has 3 fully saturated rings. The molecule has 0 aliphatic heterocycles. The highest BCUT2D eigenvalue weighted by molar-refractivity contribution is 5.92. The Balaban J connectivity index is 1.63. The number of ketones is 1. The summed E-state index contributed by atoms with van der Waals surface area (Å²) in [5, 5.41) is 19.6. The van der Waals surface area contributed by atoms with Gasteiger partial charge in [-0.1, -0.05) is 19.4 Å². The van der Waals surface area contributed by atoms with Crippen molar-refractivity contribution in [3.8, 4) is 0 Å². The molecule has 0 spiro atoms. The molecule has 4 rings (SSSR count). The van der Waals surface area contributed by atoms with Gasteiger partial charge in [0.1, 0.15) is 0 Å². The molecule has 0 radical (unpaired) electrons. The van der Waals surface area contributed by atoms with Crippen LogP contribution in [0, 0.1) is 34.5 Å². The zero-order chi connectivity index (χ0) is 19.4. The van der Waals surface area contributed by atoms with Gasteiger partial charge in [0.05, 0.1) is 6.10 Å². The van der Waals surface area contributed by atoms with Crippen molar-refractivity contribution in [1.82, 2.24) is 0 Å². The zero-order valence-electron chi connectivity index (χ0n) is 16.7. The van der Waals surface area contributed by atoms with Crippen molar-refractivity contribution < 1.29 is 19.8 Å². The van der Waals surface area contributed by atoms with E-state index in [0.717, 1.165) is 44.9 Å². The van der Waals surface area contributed by atoms with Crippen LogP contribution in [0.2, 0.25) is 0 Å². The number of hydrogen-bond acceptors (Lipinski definition) is 3. The molecule has 4 aliphatic carbocycles. The number of aliphatic hydroxyl groups is 1. The SMILES string of the molecule is C[C@]12CC[C@H]3[C@@H](CCC4=CC(=O)C[C@H](CCCC(=O)O)[C@@]43C)[C@@H]1CC[C@@H]2O. The number of carbonyl (C=O) groups excluding carboxylic acids is 1. The first-order valence-electron chi connectivity index (χ1n) is 10.9. The highest BCUT2D eigenvalue weighted by atomic mass is 16.4. The van der Waals surface area contributed by atoms with Crippen LogP contribution in [0.5, 0.6) is 0 Å². The van der Waals surface area contributed by atoms with Gasteiger partial charge in [-0.05, 0) is 91.9 Å². The van der Waals surface area contributed by atoms with Crippen LogP contribution in [0.3, 0.4) is 0 Å². The smallest absolute Gasteiger partial charge is 0.303 e. The molecule has 27 heavy (non-hydrogen) atoms. The molecule has 0 aromatic rings. The lowest BCUT2D eigenvalue weighted by atomic mass is 9.45. The molecule has 4 aliphatic rings. The molecule has 0 aromatic heterocycles. The van der Waals surface area contributed by atoms with E-state index in [9.17, 15) is 14.7 Å². The molecule has 0 bridgehead atoms. The Morgan fingerprint density at radius 2 is 1.96 bits per heavy atom. The summed E-state index contributed by atoms with van der Waals surface area (Å²) in [5.74, 6) is 1.57. The maximum atomic E-state index is 12.4. The lowest BCUT2D eigenvalue weighted by molar-refractivity contribution is -0.137. The van der Waals surface area contributed by atoms with Gasteiger partial charge >= 0.3 is 5.97 Å². The van der Waals surface area contributed by atoms with Crippen LogP contribution in [0.1, 0.15) is 78.1 Å². The van der Waals surface area contributed by atoms with Gasteiger partial charge in [0.2, 0.25) is 0 Å². The Labute approximate surface area is 162 Å². The lowest BCUT2D eigenvalue weighted by Crippen LogP contribution is -2.53. The van der Waals surface area contributed by atoms with Crippen LogP contribution in [0.4, 0.5) is 0 Å². The van der Waals surface area contributed by atoms with Gasteiger partial charge in [-0.3, -0.25) is 9.59 Å². The van der Waals surface area contributed by atoms with Crippen molar-refractivity contribution in [3.63, 3.8) is 0 Å². The van der Waals surface area contributed by atoms with Crippen molar-refractivity contribution in [1.29, 1.82) is 0 Å². The molecule has 0 unspecified atom stereocenters. The molecular weight excluding hydrogens is 340 g/mol. The summed E-state index contributed by atoms with van der Waals surface area (Å²) in [4.78, 5) is 23.4. The van der Waals surface area contributed by atoms with Crippen molar-refractivity contribution in [2.24, 2.45) is 34.5 Å². The summed E-state index contributed by atoms with van der Waals surface area (Å²) in [6.45, 7) is 4.68. The Hall–Kier alpha value is -1.16. The van der Waals surface area contributed by atoms with Crippen LogP contribution in [0.25, 0.3) is 0 Å². The molecule has 4 heteroatoms. The summed E-state index contributed by atoms with van der Waals surface area (Å²) < 4.78 is 0. The summed E-state index contributed by atoms with van der Waals surface area (Å²) >= 11 is 0. The van der Waals surface area contributed by atoms with Gasteiger partial charge in [-0.25, -0.2) is 0 Å². The van der Waals surface area contributed by atoms with E-state index < -0.39 is 5.97 Å². The van der Waals surface area contributed by atoms with E-state index in [-0.39, 0.29) is 35.1 Å². The lowest BCUT2D eigenvalue weighted by Gasteiger charge is -2.60. The van der Waals surface area contributed by atoms with E-state index >= 15 is 0 Å². The Morgan fingerprint density at radius 1 is 1.19 bits per heavy atom. The second-order valence-electron chi connectivity index (χ2n) is 10.2. The molecule has 7 atom stereocenters. The highest BCUT2D eigenvalue weighted by Gasteiger charge is 2.60. The largest absolute Gasteiger partial charge is 0.481 e. The van der Waals surface area contributed by atoms with Crippen LogP contribution < -0.4 is 0 Å². The zero-order valence-corrected chi connectivity index (χ0v) is 16.7. The second-order valence-corrected chi connectivity index (χ2v) is 10.2. The third-order valence-electron chi connectivity index (χ3n) is 9.17. The van der Waals surface area contributed by atoms with E-state index in [1.54, 1.807) is 0 Å². The molecule has 3 saturated carbocycles. The van der Waals surface area contributed by atoms with Crippen molar-refractivity contribution >= 4 is 11.8 Å². The number of aliphatic carboxylic acids is 1. The minimum Gasteiger partial charge on any atom is -0.481 e. The fourth-order valence-electron chi connectivity index (χ4n) is 7.64. The summed E-state index contributed by atoms with van der Waals surface area (Å²) in [5.41, 5.74) is 1.44. The van der Waals surface area contributed by atoms with Gasteiger partial charge in [0.25, 0.3) is 0 Å². The average molecular weight is 375 g/mol. The number of fused-ring (bicyclic) bond motifs is 5. The standard InChI is InChI=1S/C23H34O4/c1-22-11-10-19-17(18(22)8-9-20(22)25)7-6-15-13-16(24)12-14(23(15,19)2)4-3-5-21(26)27/h13-14,17-20,25H,3-12H2,1-2H3,(H,26,27)/t14-,17-,18-,19-,20-,22-,23-/m0/s1. The fourth-order valence-corrected chi connectivity index (χ4v) is 7.64. The molecule has 0 amide bonds. The predicted molar refractivity (Wildman–Crippen MR) is 103 cm³/mol. The second kappa shape index (κ2) is 6.72. The number of rotatable bonds is 4. The first-order chi connectivity index (χ1) is 12.8. The van der Waals surface area contributed by atoms with Gasteiger partial charge in [-0.2, -0.15) is 0 Å². The maximum Gasteiger partial charge on any atom is 0.303 e. The molecule has 0 saturated heterocycles. The quantitative estimate of drug-likeness (QED) is 0.767. The van der Waals surface area contributed by atoms with Crippen LogP contribution in [0.15, 0.2) is 11.6 Å². The first-order valence-corrected chi connectivity index (χ1v) is 10.9. The van der Waals surface area contributed by atoms with Crippen LogP contribution in [-0.2, 0) is 9.59 Å². The van der Waals surface area contributed by atoms with Gasteiger partial charge < -0.3 is 10.2 Å². The predicted octanol–water partition coefficient (Wildman–Crippen LogP) is 4.36. The molecular formula is C23H34O4. The van der Waals surface area contributed by atoms with Crippen LogP contribution >= 0.6 is 0 Å². The van der Waals surface area contributed by atoms with E-state index in [1.165, 1.54) is 5.57 Å². The first kappa shape index (κ1) is 19.2. The Bertz CT molecular complexity index is 667. The van der Waals surface area contributed by atoms with Crippen LogP contribution in [-0.4, -0.2) is 28.1 Å². The number of hydrogen-bond donors (Lipinski definition) is 2. The van der Waals surface area contributed by atoms with Gasteiger partial charge in [-0.15, -0.1) is 0 Å². The van der Waals surface area contributed by atoms with Gasteiger partial charge in [0.15, 0.2) is 5.78 Å². The Morgan fingerprint density at radius 3 is 2.70 bits per heavy atom. The van der Waals surface area contributed by atoms with E-state index in [2.05, 4.69) is 13.8 Å². The third kappa shape index (κ3) is 2.90. The maximum absolute atomic E-state index is 12.4. The van der Waals surface area contributed by atoms with Crippen molar-refractivity contribution in [2.75, 3.05) is 0 Å². The minimum absolute atomic E-state index is 0.0319. The number of aliphatic hydroxyl groups excluding tert-OH is 1. The normalized spacial score (nSPS) is 46.3. The summed E-state index contributed by atoms with van der Waals surface area (Å²) in [6.07, 6.45) is 10.5. The number of carboxylic acid groups (broad SMARTS) is 1. The minimum atomic E-state index is -0.743. The number of carbonyl (C=O) groups is 2. The number of carboxylic acids is 1. The topological polar surface area (TPSA) is 74.6 Å².